The molecule has 0 atom stereocenters. The summed E-state index contributed by atoms with van der Waals surface area (Å²) >= 11 is 6.19. The van der Waals surface area contributed by atoms with Gasteiger partial charge in [0.15, 0.2) is 0 Å². The first-order valence-corrected chi connectivity index (χ1v) is 8.95. The number of hydrogen-bond donors (Lipinski definition) is 2. The number of rotatable bonds is 6. The zero-order valence-electron chi connectivity index (χ0n) is 15.1. The van der Waals surface area contributed by atoms with E-state index < -0.39 is 10.8 Å². The first kappa shape index (κ1) is 20.0. The number of benzene rings is 3. The van der Waals surface area contributed by atoms with Gasteiger partial charge in [0.2, 0.25) is 0 Å². The van der Waals surface area contributed by atoms with Crippen molar-refractivity contribution in [2.45, 2.75) is 6.42 Å². The first-order chi connectivity index (χ1) is 14.0. The van der Waals surface area contributed by atoms with Crippen molar-refractivity contribution < 1.29 is 14.8 Å². The quantitative estimate of drug-likeness (QED) is 0.359. The van der Waals surface area contributed by atoms with E-state index in [0.29, 0.717) is 17.0 Å². The largest absolute Gasteiger partial charge is 0.507 e. The predicted octanol–water partition coefficient (Wildman–Crippen LogP) is 4.31. The summed E-state index contributed by atoms with van der Waals surface area (Å²) in [6.07, 6.45) is 1.83. The van der Waals surface area contributed by atoms with Crippen LogP contribution in [-0.2, 0) is 6.42 Å². The normalized spacial score (nSPS) is 10.8. The minimum Gasteiger partial charge on any atom is -0.507 e. The number of halogens is 1. The van der Waals surface area contributed by atoms with E-state index in [1.54, 1.807) is 18.2 Å². The molecule has 0 radical (unpaired) electrons. The third-order valence-corrected chi connectivity index (χ3v) is 4.53. The highest BCUT2D eigenvalue weighted by Gasteiger charge is 2.18. The van der Waals surface area contributed by atoms with Gasteiger partial charge in [0.05, 0.1) is 11.1 Å². The molecule has 0 aliphatic heterocycles. The van der Waals surface area contributed by atoms with Crippen LogP contribution in [0.4, 0.5) is 5.69 Å². The molecule has 3 rings (SSSR count). The van der Waals surface area contributed by atoms with Crippen LogP contribution in [0, 0.1) is 10.1 Å². The maximum atomic E-state index is 12.2. The molecule has 0 saturated heterocycles. The number of hydrazone groups is 1. The van der Waals surface area contributed by atoms with Crippen LogP contribution in [0.2, 0.25) is 5.02 Å². The highest BCUT2D eigenvalue weighted by molar-refractivity contribution is 6.31. The molecule has 7 nitrogen and oxygen atoms in total. The van der Waals surface area contributed by atoms with Crippen LogP contribution >= 0.6 is 11.6 Å². The molecule has 0 unspecified atom stereocenters. The van der Waals surface area contributed by atoms with Gasteiger partial charge in [-0.3, -0.25) is 14.9 Å². The summed E-state index contributed by atoms with van der Waals surface area (Å²) in [6.45, 7) is 0. The average molecular weight is 410 g/mol. The molecule has 0 heterocycles. The Balaban J connectivity index is 1.75. The highest BCUT2D eigenvalue weighted by atomic mass is 35.5. The fourth-order valence-electron chi connectivity index (χ4n) is 2.72. The molecule has 2 N–H and O–H groups in total. The molecule has 1 amide bonds. The zero-order chi connectivity index (χ0) is 20.8. The number of hydrogen-bond acceptors (Lipinski definition) is 5. The van der Waals surface area contributed by atoms with E-state index in [2.05, 4.69) is 10.5 Å². The van der Waals surface area contributed by atoms with E-state index in [9.17, 15) is 20.0 Å². The minimum atomic E-state index is -0.722. The van der Waals surface area contributed by atoms with Crippen molar-refractivity contribution in [3.63, 3.8) is 0 Å². The lowest BCUT2D eigenvalue weighted by Gasteiger charge is -2.07. The molecule has 0 bridgehead atoms. The fraction of sp³-hybridized carbons (Fsp3) is 0.0476. The molecular formula is C21H16ClN3O4. The van der Waals surface area contributed by atoms with Crippen molar-refractivity contribution in [1.29, 1.82) is 0 Å². The van der Waals surface area contributed by atoms with Crippen LogP contribution in [0.3, 0.4) is 0 Å². The number of nitrogens with zero attached hydrogens (tertiary/aromatic N) is 2. The Morgan fingerprint density at radius 2 is 1.86 bits per heavy atom. The van der Waals surface area contributed by atoms with Crippen molar-refractivity contribution in [2.75, 3.05) is 0 Å². The second kappa shape index (κ2) is 8.99. The Kier molecular flexibility index (Phi) is 6.21. The number of carbonyl (C=O) groups excluding carboxylic acids is 1. The van der Waals surface area contributed by atoms with Gasteiger partial charge >= 0.3 is 0 Å². The van der Waals surface area contributed by atoms with Gasteiger partial charge in [-0.2, -0.15) is 5.10 Å². The number of phenols is 1. The molecule has 8 heteroatoms. The van der Waals surface area contributed by atoms with Gasteiger partial charge in [-0.15, -0.1) is 0 Å². The number of nitro groups is 1. The van der Waals surface area contributed by atoms with Crippen LogP contribution in [0.5, 0.6) is 5.75 Å². The number of amides is 1. The fourth-order valence-corrected chi connectivity index (χ4v) is 2.93. The number of para-hydroxylation sites is 1. The van der Waals surface area contributed by atoms with Gasteiger partial charge in [-0.05, 0) is 41.8 Å². The smallest absolute Gasteiger partial charge is 0.282 e. The molecule has 0 aliphatic carbocycles. The van der Waals surface area contributed by atoms with Crippen LogP contribution in [-0.4, -0.2) is 22.2 Å². The van der Waals surface area contributed by atoms with Crippen molar-refractivity contribution >= 4 is 29.4 Å². The molecule has 0 spiro atoms. The second-order valence-corrected chi connectivity index (χ2v) is 6.54. The predicted molar refractivity (Wildman–Crippen MR) is 111 cm³/mol. The summed E-state index contributed by atoms with van der Waals surface area (Å²) in [5.41, 5.74) is 4.04. The van der Waals surface area contributed by atoms with Gasteiger partial charge in [0.25, 0.3) is 11.6 Å². The average Bonchev–Trinajstić information content (AvgIpc) is 2.71. The number of phenolic OH excluding ortho intramolecular Hbond substituents is 1. The third kappa shape index (κ3) is 4.97. The van der Waals surface area contributed by atoms with E-state index >= 15 is 0 Å². The minimum absolute atomic E-state index is 0.0170. The summed E-state index contributed by atoms with van der Waals surface area (Å²) in [6, 6.07) is 18.0. The monoisotopic (exact) mass is 409 g/mol. The van der Waals surface area contributed by atoms with Crippen LogP contribution < -0.4 is 5.43 Å². The van der Waals surface area contributed by atoms with E-state index in [-0.39, 0.29) is 17.0 Å². The zero-order valence-corrected chi connectivity index (χ0v) is 15.8. The first-order valence-electron chi connectivity index (χ1n) is 8.58. The van der Waals surface area contributed by atoms with E-state index in [1.165, 1.54) is 36.5 Å². The standard InChI is InChI=1S/C21H16ClN3O4/c22-18-7-3-1-5-15(18)11-14-9-10-20(26)16(12-14)13-23-24-21(27)17-6-2-4-8-19(17)25(28)29/h1-10,12-13,26H,11H2,(H,24,27). The Hall–Kier alpha value is -3.71. The topological polar surface area (TPSA) is 105 Å². The molecule has 3 aromatic carbocycles. The third-order valence-electron chi connectivity index (χ3n) is 4.16. The number of carbonyl (C=O) groups is 1. The highest BCUT2D eigenvalue weighted by Crippen LogP contribution is 2.22. The Labute approximate surface area is 171 Å². The summed E-state index contributed by atoms with van der Waals surface area (Å²) < 4.78 is 0. The lowest BCUT2D eigenvalue weighted by Crippen LogP contribution is -2.19. The Morgan fingerprint density at radius 3 is 2.62 bits per heavy atom. The lowest BCUT2D eigenvalue weighted by atomic mass is 10.0. The maximum Gasteiger partial charge on any atom is 0.282 e. The summed E-state index contributed by atoms with van der Waals surface area (Å²) in [5.74, 6) is -0.739. The molecule has 3 aromatic rings. The van der Waals surface area contributed by atoms with Gasteiger partial charge in [0, 0.05) is 16.7 Å². The van der Waals surface area contributed by atoms with Gasteiger partial charge in [-0.1, -0.05) is 48.0 Å². The van der Waals surface area contributed by atoms with Crippen molar-refractivity contribution in [3.8, 4) is 5.75 Å². The van der Waals surface area contributed by atoms with Crippen molar-refractivity contribution in [3.05, 3.63) is 104 Å². The molecule has 0 aliphatic rings. The number of nitrogens with one attached hydrogen (secondary N) is 1. The van der Waals surface area contributed by atoms with Crippen LogP contribution in [0.15, 0.2) is 71.8 Å². The SMILES string of the molecule is O=C(NN=Cc1cc(Cc2ccccc2Cl)ccc1O)c1ccccc1[N+](=O)[O-]. The van der Waals surface area contributed by atoms with E-state index in [1.807, 2.05) is 18.2 Å². The Bertz CT molecular complexity index is 1100. The molecular weight excluding hydrogens is 394 g/mol. The van der Waals surface area contributed by atoms with Crippen LogP contribution in [0.1, 0.15) is 27.0 Å². The van der Waals surface area contributed by atoms with E-state index in [0.717, 1.165) is 11.1 Å². The van der Waals surface area contributed by atoms with Gasteiger partial charge < -0.3 is 5.11 Å². The van der Waals surface area contributed by atoms with Gasteiger partial charge in [-0.25, -0.2) is 5.43 Å². The van der Waals surface area contributed by atoms with Crippen LogP contribution in [0.25, 0.3) is 0 Å². The number of aromatic hydroxyl groups is 1. The maximum absolute atomic E-state index is 12.2. The molecule has 0 aromatic heterocycles. The summed E-state index contributed by atoms with van der Waals surface area (Å²) in [5, 5.41) is 25.5. The number of nitro benzene ring substituents is 1. The molecule has 0 fully saturated rings. The summed E-state index contributed by atoms with van der Waals surface area (Å²) in [7, 11) is 0. The van der Waals surface area contributed by atoms with E-state index in [4.69, 9.17) is 11.6 Å². The summed E-state index contributed by atoms with van der Waals surface area (Å²) in [4.78, 5) is 22.6. The van der Waals surface area contributed by atoms with Crippen molar-refractivity contribution in [1.82, 2.24) is 5.43 Å². The Morgan fingerprint density at radius 1 is 1.14 bits per heavy atom. The molecule has 29 heavy (non-hydrogen) atoms. The molecule has 0 saturated carbocycles. The van der Waals surface area contributed by atoms with Crippen molar-refractivity contribution in [2.24, 2.45) is 5.10 Å². The second-order valence-electron chi connectivity index (χ2n) is 6.13. The van der Waals surface area contributed by atoms with Gasteiger partial charge in [0.1, 0.15) is 11.3 Å². The lowest BCUT2D eigenvalue weighted by molar-refractivity contribution is -0.385. The molecule has 146 valence electrons.